The highest BCUT2D eigenvalue weighted by molar-refractivity contribution is 7.22. The number of rotatable bonds is 6. The number of hydrogen-bond donors (Lipinski definition) is 0. The molecule has 1 aromatic heterocycles. The fraction of sp³-hybridized carbons (Fsp3) is 0.214. The number of carbonyl (C=O) groups excluding carboxylic acids is 3. The van der Waals surface area contributed by atoms with E-state index in [9.17, 15) is 14.4 Å². The van der Waals surface area contributed by atoms with E-state index < -0.39 is 29.4 Å². The second kappa shape index (κ2) is 9.20. The Bertz CT molecular complexity index is 1510. The maximum Gasteiger partial charge on any atom is 0.297 e. The number of anilines is 1. The Morgan fingerprint density at radius 1 is 0.889 bits per heavy atom. The number of carbonyl (C=O) groups is 3. The van der Waals surface area contributed by atoms with Crippen molar-refractivity contribution >= 4 is 44.2 Å². The van der Waals surface area contributed by atoms with Gasteiger partial charge >= 0.3 is 0 Å². The van der Waals surface area contributed by atoms with Crippen molar-refractivity contribution in [2.45, 2.75) is 19.9 Å². The largest absolute Gasteiger partial charge is 0.493 e. The second-order valence-electron chi connectivity index (χ2n) is 8.77. The zero-order valence-corrected chi connectivity index (χ0v) is 21.1. The Morgan fingerprint density at radius 3 is 2.28 bits per heavy atom. The number of fused-ring (bicyclic) bond motifs is 1. The number of ketones is 2. The molecule has 0 bridgehead atoms. The summed E-state index contributed by atoms with van der Waals surface area (Å²) < 4.78 is 11.7. The summed E-state index contributed by atoms with van der Waals surface area (Å²) >= 11 is 1.32. The van der Waals surface area contributed by atoms with E-state index in [1.807, 2.05) is 44.2 Å². The number of hydrogen-bond acceptors (Lipinski definition) is 7. The lowest BCUT2D eigenvalue weighted by Crippen LogP contribution is -2.30. The van der Waals surface area contributed by atoms with Gasteiger partial charge in [0.2, 0.25) is 5.78 Å². The summed E-state index contributed by atoms with van der Waals surface area (Å²) in [6.07, 6.45) is 0. The van der Waals surface area contributed by atoms with Gasteiger partial charge in [-0.2, -0.15) is 0 Å². The minimum absolute atomic E-state index is 0.368. The van der Waals surface area contributed by atoms with Crippen LogP contribution in [0.4, 0.5) is 5.13 Å². The molecule has 0 spiro atoms. The lowest BCUT2D eigenvalue weighted by Gasteiger charge is -2.25. The first-order valence-corrected chi connectivity index (χ1v) is 12.2. The Hall–Kier alpha value is -4.04. The van der Waals surface area contributed by atoms with Gasteiger partial charge < -0.3 is 9.47 Å². The number of amides is 1. The van der Waals surface area contributed by atoms with Gasteiger partial charge in [-0.05, 0) is 49.2 Å². The quantitative estimate of drug-likeness (QED) is 0.208. The Labute approximate surface area is 212 Å². The summed E-state index contributed by atoms with van der Waals surface area (Å²) in [5.74, 6) is -2.21. The Balaban J connectivity index is 1.68. The molecule has 0 aliphatic carbocycles. The zero-order valence-electron chi connectivity index (χ0n) is 20.3. The third kappa shape index (κ3) is 3.93. The molecule has 1 amide bonds. The molecule has 1 aliphatic heterocycles. The van der Waals surface area contributed by atoms with Crippen LogP contribution in [0.2, 0.25) is 0 Å². The number of thiazole rings is 1. The third-order valence-corrected chi connectivity index (χ3v) is 7.43. The lowest BCUT2D eigenvalue weighted by atomic mass is 9.86. The van der Waals surface area contributed by atoms with Crippen LogP contribution in [0.1, 0.15) is 33.1 Å². The first-order chi connectivity index (χ1) is 17.3. The number of nitrogens with zero attached hydrogens (tertiary/aromatic N) is 2. The smallest absolute Gasteiger partial charge is 0.297 e. The molecule has 5 rings (SSSR count). The zero-order chi connectivity index (χ0) is 25.6. The van der Waals surface area contributed by atoms with Crippen molar-refractivity contribution in [2.24, 2.45) is 5.92 Å². The summed E-state index contributed by atoms with van der Waals surface area (Å²) in [4.78, 5) is 46.6. The normalized spacial score (nSPS) is 17.6. The van der Waals surface area contributed by atoms with Crippen molar-refractivity contribution in [3.8, 4) is 11.5 Å². The molecule has 0 radical (unpaired) electrons. The van der Waals surface area contributed by atoms with Crippen LogP contribution in [0.3, 0.4) is 0 Å². The molecule has 3 aromatic carbocycles. The summed E-state index contributed by atoms with van der Waals surface area (Å²) in [6.45, 7) is 3.90. The molecule has 0 N–H and O–H groups in total. The molecule has 4 aromatic rings. The molecule has 0 saturated carbocycles. The molecule has 36 heavy (non-hydrogen) atoms. The minimum Gasteiger partial charge on any atom is -0.493 e. The van der Waals surface area contributed by atoms with Gasteiger partial charge in [0.05, 0.1) is 30.5 Å². The maximum absolute atomic E-state index is 13.7. The van der Waals surface area contributed by atoms with Gasteiger partial charge in [0.1, 0.15) is 5.92 Å². The molecular formula is C28H24N2O5S. The summed E-state index contributed by atoms with van der Waals surface area (Å²) in [6, 6.07) is 17.1. The van der Waals surface area contributed by atoms with Gasteiger partial charge in [0.15, 0.2) is 22.4 Å². The van der Waals surface area contributed by atoms with Crippen molar-refractivity contribution in [3.05, 3.63) is 82.9 Å². The Kier molecular flexibility index (Phi) is 6.05. The number of aromatic nitrogens is 1. The van der Waals surface area contributed by atoms with Gasteiger partial charge in [-0.15, -0.1) is 0 Å². The summed E-state index contributed by atoms with van der Waals surface area (Å²) in [7, 11) is 3.04. The average molecular weight is 501 g/mol. The predicted molar refractivity (Wildman–Crippen MR) is 138 cm³/mol. The molecule has 8 heteroatoms. The number of ether oxygens (including phenoxy) is 2. The highest BCUT2D eigenvalue weighted by Crippen LogP contribution is 2.45. The minimum atomic E-state index is -1.23. The van der Waals surface area contributed by atoms with Gasteiger partial charge in [0, 0.05) is 5.56 Å². The van der Waals surface area contributed by atoms with Crippen LogP contribution in [0, 0.1) is 19.8 Å². The lowest BCUT2D eigenvalue weighted by molar-refractivity contribution is -0.135. The fourth-order valence-electron chi connectivity index (χ4n) is 4.54. The van der Waals surface area contributed by atoms with E-state index in [0.717, 1.165) is 21.3 Å². The molecule has 2 heterocycles. The summed E-state index contributed by atoms with van der Waals surface area (Å²) in [5, 5.41) is 0.368. The van der Waals surface area contributed by atoms with Gasteiger partial charge in [0.25, 0.3) is 5.91 Å². The molecule has 2 unspecified atom stereocenters. The van der Waals surface area contributed by atoms with Gasteiger partial charge in [-0.25, -0.2) is 4.98 Å². The van der Waals surface area contributed by atoms with Gasteiger partial charge in [-0.3, -0.25) is 19.3 Å². The molecule has 7 nitrogen and oxygen atoms in total. The van der Waals surface area contributed by atoms with Crippen LogP contribution >= 0.6 is 11.3 Å². The number of methoxy groups -OCH3 is 2. The number of Topliss-reactive ketones (excluding diaryl/α,β-unsaturated/α-hetero) is 2. The fourth-order valence-corrected chi connectivity index (χ4v) is 5.64. The average Bonchev–Trinajstić information content (AvgIpc) is 3.41. The predicted octanol–water partition coefficient (Wildman–Crippen LogP) is 5.09. The SMILES string of the molecule is COc1ccc(C2C(C(=O)c3ccc(C)cc3)C(=O)C(=O)N2c2nc3ccc(C)cc3s2)cc1OC. The van der Waals surface area contributed by atoms with Crippen molar-refractivity contribution in [1.82, 2.24) is 4.98 Å². The highest BCUT2D eigenvalue weighted by atomic mass is 32.1. The van der Waals surface area contributed by atoms with Crippen molar-refractivity contribution < 1.29 is 23.9 Å². The molecule has 182 valence electrons. The van der Waals surface area contributed by atoms with Crippen LogP contribution in [-0.2, 0) is 9.59 Å². The van der Waals surface area contributed by atoms with Crippen LogP contribution in [0.5, 0.6) is 11.5 Å². The van der Waals surface area contributed by atoms with E-state index in [4.69, 9.17) is 9.47 Å². The van der Waals surface area contributed by atoms with Gasteiger partial charge in [-0.1, -0.05) is 53.3 Å². The van der Waals surface area contributed by atoms with E-state index in [1.54, 1.807) is 30.3 Å². The van der Waals surface area contributed by atoms with Crippen LogP contribution in [0.15, 0.2) is 60.7 Å². The number of benzene rings is 3. The molecule has 1 fully saturated rings. The van der Waals surface area contributed by atoms with Crippen LogP contribution < -0.4 is 14.4 Å². The van der Waals surface area contributed by atoms with Crippen molar-refractivity contribution in [2.75, 3.05) is 19.1 Å². The van der Waals surface area contributed by atoms with E-state index >= 15 is 0 Å². The van der Waals surface area contributed by atoms with E-state index in [0.29, 0.717) is 27.8 Å². The van der Waals surface area contributed by atoms with E-state index in [-0.39, 0.29) is 0 Å². The van der Waals surface area contributed by atoms with Crippen molar-refractivity contribution in [3.63, 3.8) is 0 Å². The first-order valence-electron chi connectivity index (χ1n) is 11.4. The van der Waals surface area contributed by atoms with Crippen LogP contribution in [0.25, 0.3) is 10.2 Å². The third-order valence-electron chi connectivity index (χ3n) is 6.41. The Morgan fingerprint density at radius 2 is 1.58 bits per heavy atom. The topological polar surface area (TPSA) is 85.8 Å². The highest BCUT2D eigenvalue weighted by Gasteiger charge is 2.53. The van der Waals surface area contributed by atoms with E-state index in [1.165, 1.54) is 30.5 Å². The second-order valence-corrected chi connectivity index (χ2v) is 9.78. The first kappa shape index (κ1) is 23.7. The van der Waals surface area contributed by atoms with E-state index in [2.05, 4.69) is 4.98 Å². The molecule has 1 aliphatic rings. The summed E-state index contributed by atoms with van der Waals surface area (Å²) in [5.41, 5.74) is 3.72. The van der Waals surface area contributed by atoms with Crippen LogP contribution in [-0.4, -0.2) is 36.7 Å². The van der Waals surface area contributed by atoms with Crippen molar-refractivity contribution in [1.29, 1.82) is 0 Å². The molecule has 2 atom stereocenters. The maximum atomic E-state index is 13.7. The molecular weight excluding hydrogens is 476 g/mol. The standard InChI is InChI=1S/C28H24N2O5S/c1-15-5-8-17(9-6-15)25(31)23-24(18-10-12-20(34-3)21(14-18)35-4)30(27(33)26(23)32)28-29-19-11-7-16(2)13-22(19)36-28/h5-14,23-24H,1-4H3. The number of aryl methyl sites for hydroxylation is 2. The monoisotopic (exact) mass is 500 g/mol. The molecule has 1 saturated heterocycles.